The third-order valence-electron chi connectivity index (χ3n) is 5.30. The quantitative estimate of drug-likeness (QED) is 0.434. The molecule has 0 spiro atoms. The molecule has 7 nitrogen and oxygen atoms in total. The molecular formula is C23H19BrN4O3. The lowest BCUT2D eigenvalue weighted by Gasteiger charge is -2.28. The summed E-state index contributed by atoms with van der Waals surface area (Å²) in [5.74, 6) is 1.68. The van der Waals surface area contributed by atoms with Gasteiger partial charge in [0, 0.05) is 16.2 Å². The van der Waals surface area contributed by atoms with E-state index in [0.717, 1.165) is 38.5 Å². The third kappa shape index (κ3) is 3.53. The number of benzene rings is 1. The van der Waals surface area contributed by atoms with Gasteiger partial charge in [0.05, 0.1) is 30.7 Å². The van der Waals surface area contributed by atoms with E-state index >= 15 is 0 Å². The summed E-state index contributed by atoms with van der Waals surface area (Å²) in [4.78, 5) is 23.9. The minimum Gasteiger partial charge on any atom is -0.497 e. The average molecular weight is 479 g/mol. The van der Waals surface area contributed by atoms with Gasteiger partial charge in [-0.1, -0.05) is 12.1 Å². The van der Waals surface area contributed by atoms with Gasteiger partial charge in [-0.05, 0) is 59.3 Å². The summed E-state index contributed by atoms with van der Waals surface area (Å²) in [5.41, 5.74) is 4.25. The molecule has 0 unspecified atom stereocenters. The van der Waals surface area contributed by atoms with Crippen LogP contribution in [0.5, 0.6) is 11.5 Å². The Morgan fingerprint density at radius 1 is 1.16 bits per heavy atom. The van der Waals surface area contributed by atoms with Crippen LogP contribution in [0.25, 0.3) is 16.9 Å². The summed E-state index contributed by atoms with van der Waals surface area (Å²) in [5, 5.41) is 0. The Morgan fingerprint density at radius 2 is 2.03 bits per heavy atom. The maximum Gasteiger partial charge on any atom is 0.266 e. The topological polar surface area (TPSA) is 69.0 Å². The highest BCUT2D eigenvalue weighted by Crippen LogP contribution is 2.35. The molecule has 0 aliphatic carbocycles. The molecule has 0 N–H and O–H groups in total. The molecular weight excluding hydrogens is 460 g/mol. The molecule has 0 atom stereocenters. The third-order valence-corrected chi connectivity index (χ3v) is 5.77. The van der Waals surface area contributed by atoms with Crippen molar-refractivity contribution in [3.63, 3.8) is 0 Å². The summed E-state index contributed by atoms with van der Waals surface area (Å²) in [6.07, 6.45) is 1.95. The van der Waals surface area contributed by atoms with Crippen molar-refractivity contribution in [3.05, 3.63) is 70.6 Å². The standard InChI is InChI=1S/C23H19BrN4O3/c1-14-19(27-11-16(24)6-9-21(27)25-14)12-28-22(29)13-31-20-8-7-18(26-23(20)28)15-4-3-5-17(10-15)30-2/h3-11H,12-13H2,1-2H3. The number of nitrogens with zero attached hydrogens (tertiary/aromatic N) is 4. The molecule has 31 heavy (non-hydrogen) atoms. The summed E-state index contributed by atoms with van der Waals surface area (Å²) in [6, 6.07) is 15.3. The van der Waals surface area contributed by atoms with E-state index in [-0.39, 0.29) is 12.5 Å². The van der Waals surface area contributed by atoms with E-state index < -0.39 is 0 Å². The Balaban J connectivity index is 1.58. The average Bonchev–Trinajstić information content (AvgIpc) is 3.09. The summed E-state index contributed by atoms with van der Waals surface area (Å²) < 4.78 is 13.9. The number of aromatic nitrogens is 3. The van der Waals surface area contributed by atoms with Crippen molar-refractivity contribution in [2.24, 2.45) is 0 Å². The van der Waals surface area contributed by atoms with Crippen molar-refractivity contribution in [2.45, 2.75) is 13.5 Å². The first-order chi connectivity index (χ1) is 15.0. The fourth-order valence-corrected chi connectivity index (χ4v) is 4.05. The zero-order valence-corrected chi connectivity index (χ0v) is 18.6. The van der Waals surface area contributed by atoms with Crippen LogP contribution in [0.3, 0.4) is 0 Å². The van der Waals surface area contributed by atoms with Crippen LogP contribution < -0.4 is 14.4 Å². The smallest absolute Gasteiger partial charge is 0.266 e. The first-order valence-corrected chi connectivity index (χ1v) is 10.5. The van der Waals surface area contributed by atoms with E-state index in [2.05, 4.69) is 20.9 Å². The second-order valence-electron chi connectivity index (χ2n) is 7.24. The number of amides is 1. The molecule has 0 bridgehead atoms. The van der Waals surface area contributed by atoms with Gasteiger partial charge in [-0.25, -0.2) is 9.97 Å². The van der Waals surface area contributed by atoms with Crippen LogP contribution in [0.2, 0.25) is 0 Å². The number of anilines is 1. The molecule has 4 aromatic rings. The maximum absolute atomic E-state index is 12.8. The van der Waals surface area contributed by atoms with E-state index in [1.54, 1.807) is 12.0 Å². The van der Waals surface area contributed by atoms with Crippen molar-refractivity contribution in [2.75, 3.05) is 18.6 Å². The molecule has 0 saturated heterocycles. The number of fused-ring (bicyclic) bond motifs is 2. The van der Waals surface area contributed by atoms with Crippen molar-refractivity contribution < 1.29 is 14.3 Å². The number of pyridine rings is 2. The zero-order valence-electron chi connectivity index (χ0n) is 17.0. The maximum atomic E-state index is 12.8. The van der Waals surface area contributed by atoms with Crippen LogP contribution >= 0.6 is 15.9 Å². The number of halogens is 1. The molecule has 0 radical (unpaired) electrons. The van der Waals surface area contributed by atoms with Gasteiger partial charge in [0.15, 0.2) is 18.2 Å². The molecule has 1 amide bonds. The van der Waals surface area contributed by atoms with E-state index in [0.29, 0.717) is 18.1 Å². The number of carbonyl (C=O) groups is 1. The lowest BCUT2D eigenvalue weighted by atomic mass is 10.1. The van der Waals surface area contributed by atoms with Gasteiger partial charge in [0.1, 0.15) is 11.4 Å². The van der Waals surface area contributed by atoms with Crippen LogP contribution in [0, 0.1) is 6.92 Å². The van der Waals surface area contributed by atoms with Gasteiger partial charge in [0.25, 0.3) is 5.91 Å². The predicted octanol–water partition coefficient (Wildman–Crippen LogP) is 4.40. The van der Waals surface area contributed by atoms with Crippen LogP contribution in [0.4, 0.5) is 5.82 Å². The number of imidazole rings is 1. The zero-order chi connectivity index (χ0) is 21.5. The van der Waals surface area contributed by atoms with Crippen molar-refractivity contribution in [1.82, 2.24) is 14.4 Å². The number of aryl methyl sites for hydroxylation is 1. The van der Waals surface area contributed by atoms with Gasteiger partial charge in [-0.2, -0.15) is 0 Å². The molecule has 1 aliphatic heterocycles. The fourth-order valence-electron chi connectivity index (χ4n) is 3.71. The number of ether oxygens (including phenoxy) is 2. The number of rotatable bonds is 4. The number of hydrogen-bond donors (Lipinski definition) is 0. The lowest BCUT2D eigenvalue weighted by Crippen LogP contribution is -2.39. The van der Waals surface area contributed by atoms with Crippen molar-refractivity contribution in [1.29, 1.82) is 0 Å². The molecule has 8 heteroatoms. The van der Waals surface area contributed by atoms with Gasteiger partial charge in [0.2, 0.25) is 0 Å². The molecule has 0 saturated carbocycles. The number of carbonyl (C=O) groups excluding carboxylic acids is 1. The van der Waals surface area contributed by atoms with Crippen LogP contribution in [0.1, 0.15) is 11.4 Å². The van der Waals surface area contributed by atoms with Crippen LogP contribution in [-0.2, 0) is 11.3 Å². The van der Waals surface area contributed by atoms with E-state index in [9.17, 15) is 4.79 Å². The predicted molar refractivity (Wildman–Crippen MR) is 121 cm³/mol. The van der Waals surface area contributed by atoms with Gasteiger partial charge in [-0.15, -0.1) is 0 Å². The highest BCUT2D eigenvalue weighted by Gasteiger charge is 2.29. The fraction of sp³-hybridized carbons (Fsp3) is 0.174. The highest BCUT2D eigenvalue weighted by atomic mass is 79.9. The molecule has 0 fully saturated rings. The summed E-state index contributed by atoms with van der Waals surface area (Å²) >= 11 is 3.51. The highest BCUT2D eigenvalue weighted by molar-refractivity contribution is 9.10. The number of methoxy groups -OCH3 is 1. The normalized spacial score (nSPS) is 13.3. The largest absolute Gasteiger partial charge is 0.497 e. The minimum atomic E-state index is -0.146. The number of hydrogen-bond acceptors (Lipinski definition) is 5. The first kappa shape index (κ1) is 19.6. The Morgan fingerprint density at radius 3 is 2.87 bits per heavy atom. The Labute approximate surface area is 187 Å². The van der Waals surface area contributed by atoms with E-state index in [1.807, 2.05) is 66.1 Å². The summed E-state index contributed by atoms with van der Waals surface area (Å²) in [7, 11) is 1.63. The van der Waals surface area contributed by atoms with Gasteiger partial charge >= 0.3 is 0 Å². The monoisotopic (exact) mass is 478 g/mol. The van der Waals surface area contributed by atoms with Gasteiger partial charge < -0.3 is 13.9 Å². The van der Waals surface area contributed by atoms with E-state index in [1.165, 1.54) is 0 Å². The summed E-state index contributed by atoms with van der Waals surface area (Å²) in [6.45, 7) is 2.27. The molecule has 1 aliphatic rings. The van der Waals surface area contributed by atoms with Crippen molar-refractivity contribution in [3.8, 4) is 22.8 Å². The SMILES string of the molecule is COc1cccc(-c2ccc3c(n2)N(Cc2c(C)nc4ccc(Br)cn24)C(=O)CO3)c1. The van der Waals surface area contributed by atoms with Gasteiger partial charge in [-0.3, -0.25) is 9.69 Å². The Kier molecular flexibility index (Phi) is 4.86. The Hall–Kier alpha value is -3.39. The minimum absolute atomic E-state index is 0.0212. The first-order valence-electron chi connectivity index (χ1n) is 9.75. The molecule has 156 valence electrons. The lowest BCUT2D eigenvalue weighted by molar-refractivity contribution is -0.121. The molecule has 5 rings (SSSR count). The second kappa shape index (κ2) is 7.70. The second-order valence-corrected chi connectivity index (χ2v) is 8.15. The van der Waals surface area contributed by atoms with Crippen molar-refractivity contribution >= 4 is 33.3 Å². The molecule has 1 aromatic carbocycles. The Bertz CT molecular complexity index is 1320. The van der Waals surface area contributed by atoms with Crippen LogP contribution in [-0.4, -0.2) is 34.0 Å². The molecule has 4 heterocycles. The van der Waals surface area contributed by atoms with E-state index in [4.69, 9.17) is 14.5 Å². The van der Waals surface area contributed by atoms with Crippen LogP contribution in [0.15, 0.2) is 59.2 Å². The molecule has 3 aromatic heterocycles.